The first-order valence-corrected chi connectivity index (χ1v) is 19.0. The average Bonchev–Trinajstić information content (AvgIpc) is 3.85. The van der Waals surface area contributed by atoms with E-state index in [1.165, 1.54) is 17.2 Å². The molecule has 9 heteroatoms. The van der Waals surface area contributed by atoms with Crippen molar-refractivity contribution in [3.63, 3.8) is 0 Å². The van der Waals surface area contributed by atoms with Crippen LogP contribution in [0.15, 0.2) is 195 Å². The molecule has 0 bridgehead atoms. The molecule has 0 saturated carbocycles. The molecule has 3 heterocycles. The lowest BCUT2D eigenvalue weighted by atomic mass is 9.77. The number of hydrogen-bond acceptors (Lipinski definition) is 7. The Morgan fingerprint density at radius 3 is 1.46 bits per heavy atom. The molecular formula is C48H40FN5O3. The Balaban J connectivity index is 1.07. The quantitative estimate of drug-likeness (QED) is 0.121. The van der Waals surface area contributed by atoms with Crippen LogP contribution < -0.4 is 5.32 Å². The summed E-state index contributed by atoms with van der Waals surface area (Å²) in [4.78, 5) is 14.0. The highest BCUT2D eigenvalue weighted by atomic mass is 19.1. The minimum atomic E-state index is -1.81. The summed E-state index contributed by atoms with van der Waals surface area (Å²) in [6, 6.07) is 60.2. The number of benzene rings is 6. The Hall–Kier alpha value is -6.52. The minimum absolute atomic E-state index is 0.112. The van der Waals surface area contributed by atoms with Crippen LogP contribution in [0.5, 0.6) is 0 Å². The zero-order valence-corrected chi connectivity index (χ0v) is 30.9. The van der Waals surface area contributed by atoms with Crippen LogP contribution in [-0.2, 0) is 20.6 Å². The maximum Gasteiger partial charge on any atom is 0.173 e. The molecule has 2 N–H and O–H groups in total. The van der Waals surface area contributed by atoms with Crippen LogP contribution in [0.2, 0.25) is 0 Å². The summed E-state index contributed by atoms with van der Waals surface area (Å²) in [5.74, 6) is 0.447. The van der Waals surface area contributed by atoms with E-state index in [0.29, 0.717) is 17.0 Å². The van der Waals surface area contributed by atoms with Gasteiger partial charge in [-0.15, -0.1) is 0 Å². The standard InChI is InChI=1S/C48H40FN5O3/c49-41-43(55)40(31-56-48(37-25-13-4-14-26-37,38-27-15-5-16-28-38)39-29-17-6-18-30-39)57-46(41)54-33-52-42-44(50-32-51-45(42)54)53-47(34-19-7-1-8-20-34,35-21-9-2-10-22-35)36-23-11-3-12-24-36/h1-30,32-33,40-41,43,46,55H,31H2,(H,50,51,53)/t40-,41+,43-,46?/m1/s1. The van der Waals surface area contributed by atoms with Crippen molar-refractivity contribution >= 4 is 17.0 Å². The molecule has 0 spiro atoms. The van der Waals surface area contributed by atoms with Crippen LogP contribution in [0.1, 0.15) is 39.6 Å². The average molecular weight is 754 g/mol. The second-order valence-corrected chi connectivity index (χ2v) is 14.1. The molecule has 1 aliphatic rings. The Morgan fingerprint density at radius 1 is 0.596 bits per heavy atom. The Kier molecular flexibility index (Phi) is 9.86. The number of aliphatic hydroxyl groups excluding tert-OH is 1. The van der Waals surface area contributed by atoms with Crippen molar-refractivity contribution in [2.24, 2.45) is 0 Å². The number of rotatable bonds is 12. The van der Waals surface area contributed by atoms with Crippen molar-refractivity contribution in [1.29, 1.82) is 0 Å². The van der Waals surface area contributed by atoms with E-state index in [0.717, 1.165) is 33.4 Å². The normalized spacial score (nSPS) is 18.4. The summed E-state index contributed by atoms with van der Waals surface area (Å²) < 4.78 is 31.3. The molecule has 9 rings (SSSR count). The van der Waals surface area contributed by atoms with Crippen molar-refractivity contribution in [3.8, 4) is 0 Å². The number of alkyl halides is 1. The largest absolute Gasteiger partial charge is 0.387 e. The number of fused-ring (bicyclic) bond motifs is 1. The number of ether oxygens (including phenoxy) is 2. The van der Waals surface area contributed by atoms with Crippen LogP contribution in [-0.4, -0.2) is 49.6 Å². The second kappa shape index (κ2) is 15.5. The zero-order chi connectivity index (χ0) is 38.7. The van der Waals surface area contributed by atoms with Gasteiger partial charge in [0.1, 0.15) is 29.7 Å². The van der Waals surface area contributed by atoms with Gasteiger partial charge in [0.05, 0.1) is 12.9 Å². The lowest BCUT2D eigenvalue weighted by Gasteiger charge is -2.37. The van der Waals surface area contributed by atoms with Gasteiger partial charge in [-0.3, -0.25) is 4.57 Å². The monoisotopic (exact) mass is 753 g/mol. The van der Waals surface area contributed by atoms with Crippen molar-refractivity contribution in [3.05, 3.63) is 228 Å². The van der Waals surface area contributed by atoms with Crippen LogP contribution in [0, 0.1) is 0 Å². The number of aromatic nitrogens is 4. The second-order valence-electron chi connectivity index (χ2n) is 14.1. The van der Waals surface area contributed by atoms with Gasteiger partial charge in [0.25, 0.3) is 0 Å². The van der Waals surface area contributed by atoms with E-state index < -0.39 is 35.7 Å². The van der Waals surface area contributed by atoms with E-state index in [1.807, 2.05) is 146 Å². The summed E-state index contributed by atoms with van der Waals surface area (Å²) in [5, 5.41) is 15.2. The molecule has 1 unspecified atom stereocenters. The predicted octanol–water partition coefficient (Wildman–Crippen LogP) is 8.84. The Bertz CT molecular complexity index is 2330. The maximum atomic E-state index is 16.4. The third-order valence-electron chi connectivity index (χ3n) is 10.9. The highest BCUT2D eigenvalue weighted by molar-refractivity contribution is 5.84. The summed E-state index contributed by atoms with van der Waals surface area (Å²) in [7, 11) is 0. The van der Waals surface area contributed by atoms with Crippen molar-refractivity contribution in [2.45, 2.75) is 35.7 Å². The van der Waals surface area contributed by atoms with Gasteiger partial charge in [-0.1, -0.05) is 182 Å². The van der Waals surface area contributed by atoms with E-state index in [1.54, 1.807) is 0 Å². The Morgan fingerprint density at radius 2 is 1.02 bits per heavy atom. The van der Waals surface area contributed by atoms with Crippen LogP contribution in [0.25, 0.3) is 11.2 Å². The Labute approximate surface area is 330 Å². The van der Waals surface area contributed by atoms with Crippen molar-refractivity contribution in [2.75, 3.05) is 11.9 Å². The molecule has 57 heavy (non-hydrogen) atoms. The lowest BCUT2D eigenvalue weighted by molar-refractivity contribution is -0.0935. The highest BCUT2D eigenvalue weighted by Gasteiger charge is 2.48. The minimum Gasteiger partial charge on any atom is -0.387 e. The number of imidazole rings is 1. The van der Waals surface area contributed by atoms with Gasteiger partial charge in [0.15, 0.2) is 29.4 Å². The highest BCUT2D eigenvalue weighted by Crippen LogP contribution is 2.44. The van der Waals surface area contributed by atoms with E-state index in [2.05, 4.69) is 46.7 Å². The molecule has 6 aromatic carbocycles. The molecule has 2 aromatic heterocycles. The summed E-state index contributed by atoms with van der Waals surface area (Å²) in [5.41, 5.74) is 4.43. The zero-order valence-electron chi connectivity index (χ0n) is 30.9. The molecule has 4 atom stereocenters. The molecule has 0 amide bonds. The summed E-state index contributed by atoms with van der Waals surface area (Å²) >= 11 is 0. The molecule has 8 nitrogen and oxygen atoms in total. The SMILES string of the molecule is O[C@H]1[C@H](F)C(n2cnc3c(NC(c4ccccc4)(c4ccccc4)c4ccccc4)ncnc32)O[C@@H]1COC(c1ccccc1)(c1ccccc1)c1ccccc1. The lowest BCUT2D eigenvalue weighted by Crippen LogP contribution is -2.39. The molecule has 8 aromatic rings. The van der Waals surface area contributed by atoms with E-state index >= 15 is 4.39 Å². The van der Waals surface area contributed by atoms with Crippen LogP contribution in [0.4, 0.5) is 10.2 Å². The molecule has 1 fully saturated rings. The first-order valence-electron chi connectivity index (χ1n) is 19.0. The fourth-order valence-corrected chi connectivity index (χ4v) is 8.13. The molecule has 1 aliphatic heterocycles. The smallest absolute Gasteiger partial charge is 0.173 e. The number of halogens is 1. The summed E-state index contributed by atoms with van der Waals surface area (Å²) in [6.07, 6.45) is -2.62. The summed E-state index contributed by atoms with van der Waals surface area (Å²) in [6.45, 7) is -0.112. The van der Waals surface area contributed by atoms with Gasteiger partial charge in [-0.05, 0) is 33.4 Å². The molecule has 0 radical (unpaired) electrons. The van der Waals surface area contributed by atoms with E-state index in [4.69, 9.17) is 19.4 Å². The maximum absolute atomic E-state index is 16.4. The van der Waals surface area contributed by atoms with Gasteiger partial charge in [-0.25, -0.2) is 19.3 Å². The molecule has 0 aliphatic carbocycles. The van der Waals surface area contributed by atoms with Gasteiger partial charge >= 0.3 is 0 Å². The van der Waals surface area contributed by atoms with E-state index in [-0.39, 0.29) is 6.61 Å². The van der Waals surface area contributed by atoms with Gasteiger partial charge < -0.3 is 19.9 Å². The topological polar surface area (TPSA) is 94.3 Å². The molecule has 282 valence electrons. The fourth-order valence-electron chi connectivity index (χ4n) is 8.13. The predicted molar refractivity (Wildman–Crippen MR) is 218 cm³/mol. The number of anilines is 1. The number of nitrogens with zero attached hydrogens (tertiary/aromatic N) is 4. The molecule has 1 saturated heterocycles. The fraction of sp³-hybridized carbons (Fsp3) is 0.146. The van der Waals surface area contributed by atoms with Crippen molar-refractivity contribution in [1.82, 2.24) is 19.5 Å². The number of nitrogens with one attached hydrogen (secondary N) is 1. The van der Waals surface area contributed by atoms with E-state index in [9.17, 15) is 5.11 Å². The van der Waals surface area contributed by atoms with Crippen LogP contribution >= 0.6 is 0 Å². The van der Waals surface area contributed by atoms with Crippen LogP contribution in [0.3, 0.4) is 0 Å². The third-order valence-corrected chi connectivity index (χ3v) is 10.9. The van der Waals surface area contributed by atoms with Gasteiger partial charge in [0, 0.05) is 0 Å². The molecular weight excluding hydrogens is 714 g/mol. The first kappa shape index (κ1) is 36.1. The van der Waals surface area contributed by atoms with Gasteiger partial charge in [0.2, 0.25) is 0 Å². The van der Waals surface area contributed by atoms with Crippen molar-refractivity contribution < 1.29 is 19.0 Å². The first-order chi connectivity index (χ1) is 28.1. The number of aliphatic hydroxyl groups is 1. The third kappa shape index (κ3) is 6.45. The number of hydrogen-bond donors (Lipinski definition) is 2. The van der Waals surface area contributed by atoms with Gasteiger partial charge in [-0.2, -0.15) is 0 Å².